The van der Waals surface area contributed by atoms with Gasteiger partial charge in [-0.25, -0.2) is 9.97 Å². The fourth-order valence-corrected chi connectivity index (χ4v) is 1.63. The fourth-order valence-electron chi connectivity index (χ4n) is 1.63. The molecule has 0 saturated carbocycles. The Bertz CT molecular complexity index is 498. The van der Waals surface area contributed by atoms with Crippen molar-refractivity contribution < 1.29 is 0 Å². The molecule has 0 fully saturated rings. The fraction of sp³-hybridized carbons (Fsp3) is 0.308. The number of nitrogens with zero attached hydrogens (tertiary/aromatic N) is 5. The molecular weight excluding hydrogens is 226 g/mol. The maximum Gasteiger partial charge on any atom is 0.134 e. The molecule has 0 aliphatic rings. The molecule has 0 unspecified atom stereocenters. The smallest absolute Gasteiger partial charge is 0.134 e. The van der Waals surface area contributed by atoms with Gasteiger partial charge in [0, 0.05) is 46.1 Å². The van der Waals surface area contributed by atoms with Crippen LogP contribution < -0.4 is 9.80 Å². The lowest BCUT2D eigenvalue weighted by molar-refractivity contribution is 0.884. The van der Waals surface area contributed by atoms with E-state index in [0.717, 1.165) is 18.2 Å². The van der Waals surface area contributed by atoms with E-state index in [1.165, 1.54) is 5.56 Å². The summed E-state index contributed by atoms with van der Waals surface area (Å²) in [5.41, 5.74) is 1.21. The van der Waals surface area contributed by atoms with Crippen LogP contribution in [0.2, 0.25) is 0 Å². The van der Waals surface area contributed by atoms with E-state index >= 15 is 0 Å². The number of hydrogen-bond acceptors (Lipinski definition) is 5. The van der Waals surface area contributed by atoms with Crippen molar-refractivity contribution in [2.24, 2.45) is 0 Å². The second kappa shape index (κ2) is 5.44. The monoisotopic (exact) mass is 243 g/mol. The molecule has 2 aromatic rings. The first-order valence-corrected chi connectivity index (χ1v) is 5.76. The van der Waals surface area contributed by atoms with Gasteiger partial charge < -0.3 is 9.80 Å². The van der Waals surface area contributed by atoms with Crippen LogP contribution in [0.1, 0.15) is 5.56 Å². The Kier molecular flexibility index (Phi) is 3.72. The van der Waals surface area contributed by atoms with Gasteiger partial charge in [0.05, 0.1) is 0 Å². The van der Waals surface area contributed by atoms with Crippen molar-refractivity contribution >= 4 is 11.6 Å². The molecule has 18 heavy (non-hydrogen) atoms. The highest BCUT2D eigenvalue weighted by atomic mass is 15.2. The minimum Gasteiger partial charge on any atom is -0.363 e. The van der Waals surface area contributed by atoms with E-state index in [1.807, 2.05) is 44.2 Å². The maximum absolute atomic E-state index is 4.29. The third-order valence-electron chi connectivity index (χ3n) is 2.66. The molecule has 0 radical (unpaired) electrons. The number of pyridine rings is 1. The van der Waals surface area contributed by atoms with Gasteiger partial charge in [-0.3, -0.25) is 4.98 Å². The largest absolute Gasteiger partial charge is 0.363 e. The van der Waals surface area contributed by atoms with Crippen LogP contribution in [0.15, 0.2) is 36.9 Å². The van der Waals surface area contributed by atoms with Crippen LogP contribution >= 0.6 is 0 Å². The highest BCUT2D eigenvalue weighted by Crippen LogP contribution is 2.16. The Hall–Kier alpha value is -2.17. The Morgan fingerprint density at radius 3 is 2.33 bits per heavy atom. The van der Waals surface area contributed by atoms with Crippen LogP contribution in [0, 0.1) is 0 Å². The summed E-state index contributed by atoms with van der Waals surface area (Å²) in [7, 11) is 5.95. The lowest BCUT2D eigenvalue weighted by atomic mass is 10.2. The van der Waals surface area contributed by atoms with Crippen molar-refractivity contribution in [1.29, 1.82) is 0 Å². The van der Waals surface area contributed by atoms with E-state index in [4.69, 9.17) is 0 Å². The predicted molar refractivity (Wildman–Crippen MR) is 72.7 cm³/mol. The molecule has 0 aliphatic carbocycles. The van der Waals surface area contributed by atoms with Gasteiger partial charge in [0.2, 0.25) is 0 Å². The van der Waals surface area contributed by atoms with E-state index in [0.29, 0.717) is 0 Å². The average molecular weight is 243 g/mol. The first kappa shape index (κ1) is 12.3. The van der Waals surface area contributed by atoms with E-state index in [2.05, 4.69) is 19.9 Å². The zero-order valence-corrected chi connectivity index (χ0v) is 10.9. The Balaban J connectivity index is 2.14. The van der Waals surface area contributed by atoms with Crippen LogP contribution in [0.25, 0.3) is 0 Å². The third kappa shape index (κ3) is 2.94. The minimum absolute atomic E-state index is 0.798. The normalized spacial score (nSPS) is 10.2. The molecule has 0 saturated heterocycles. The van der Waals surface area contributed by atoms with Crippen LogP contribution in [0.3, 0.4) is 0 Å². The Morgan fingerprint density at radius 1 is 1.00 bits per heavy atom. The van der Waals surface area contributed by atoms with Crippen molar-refractivity contribution in [3.63, 3.8) is 0 Å². The average Bonchev–Trinajstić information content (AvgIpc) is 2.40. The van der Waals surface area contributed by atoms with Crippen molar-refractivity contribution in [3.05, 3.63) is 42.5 Å². The highest BCUT2D eigenvalue weighted by molar-refractivity contribution is 5.49. The van der Waals surface area contributed by atoms with Gasteiger partial charge >= 0.3 is 0 Å². The van der Waals surface area contributed by atoms with Crippen LogP contribution in [-0.4, -0.2) is 36.1 Å². The maximum atomic E-state index is 4.29. The number of hydrogen-bond donors (Lipinski definition) is 0. The van der Waals surface area contributed by atoms with Crippen molar-refractivity contribution in [2.75, 3.05) is 30.9 Å². The second-order valence-corrected chi connectivity index (χ2v) is 4.34. The van der Waals surface area contributed by atoms with E-state index in [9.17, 15) is 0 Å². The van der Waals surface area contributed by atoms with E-state index in [-0.39, 0.29) is 0 Å². The van der Waals surface area contributed by atoms with Gasteiger partial charge in [-0.2, -0.15) is 0 Å². The molecule has 0 bridgehead atoms. The standard InChI is InChI=1S/C13H17N5/c1-17(2)12-8-13(16-10-15-12)18(3)9-11-4-6-14-7-5-11/h4-8,10H,9H2,1-3H3. The summed E-state index contributed by atoms with van der Waals surface area (Å²) in [4.78, 5) is 16.6. The lowest BCUT2D eigenvalue weighted by Gasteiger charge is -2.19. The van der Waals surface area contributed by atoms with Gasteiger partial charge in [0.25, 0.3) is 0 Å². The molecule has 94 valence electrons. The van der Waals surface area contributed by atoms with Crippen molar-refractivity contribution in [1.82, 2.24) is 15.0 Å². The van der Waals surface area contributed by atoms with E-state index < -0.39 is 0 Å². The first-order valence-electron chi connectivity index (χ1n) is 5.76. The minimum atomic E-state index is 0.798. The molecule has 0 aliphatic heterocycles. The van der Waals surface area contributed by atoms with Crippen molar-refractivity contribution in [2.45, 2.75) is 6.54 Å². The van der Waals surface area contributed by atoms with Gasteiger partial charge in [-0.1, -0.05) is 0 Å². The summed E-state index contributed by atoms with van der Waals surface area (Å²) in [5.74, 6) is 1.81. The molecule has 5 heteroatoms. The number of anilines is 2. The quantitative estimate of drug-likeness (QED) is 0.815. The molecule has 5 nitrogen and oxygen atoms in total. The molecule has 0 N–H and O–H groups in total. The summed E-state index contributed by atoms with van der Waals surface area (Å²) in [6, 6.07) is 5.98. The topological polar surface area (TPSA) is 45.2 Å². The predicted octanol–water partition coefficient (Wildman–Crippen LogP) is 1.57. The molecule has 0 amide bonds. The number of aromatic nitrogens is 3. The molecule has 0 atom stereocenters. The van der Waals surface area contributed by atoms with E-state index in [1.54, 1.807) is 18.7 Å². The van der Waals surface area contributed by atoms with Gasteiger partial charge in [0.15, 0.2) is 0 Å². The molecular formula is C13H17N5. The molecule has 2 rings (SSSR count). The van der Waals surface area contributed by atoms with Gasteiger partial charge in [-0.05, 0) is 17.7 Å². The Labute approximate surface area is 107 Å². The van der Waals surface area contributed by atoms with Gasteiger partial charge in [-0.15, -0.1) is 0 Å². The highest BCUT2D eigenvalue weighted by Gasteiger charge is 2.06. The van der Waals surface area contributed by atoms with Gasteiger partial charge in [0.1, 0.15) is 18.0 Å². The summed E-state index contributed by atoms with van der Waals surface area (Å²) in [6.07, 6.45) is 5.19. The zero-order valence-electron chi connectivity index (χ0n) is 10.9. The van der Waals surface area contributed by atoms with Crippen LogP contribution in [0.4, 0.5) is 11.6 Å². The molecule has 2 aromatic heterocycles. The first-order chi connectivity index (χ1) is 8.66. The van der Waals surface area contributed by atoms with Crippen molar-refractivity contribution in [3.8, 4) is 0 Å². The zero-order chi connectivity index (χ0) is 13.0. The Morgan fingerprint density at radius 2 is 1.67 bits per heavy atom. The summed E-state index contributed by atoms with van der Waals surface area (Å²) in [5, 5.41) is 0. The second-order valence-electron chi connectivity index (χ2n) is 4.34. The lowest BCUT2D eigenvalue weighted by Crippen LogP contribution is -2.19. The van der Waals surface area contributed by atoms with Crippen LogP contribution in [-0.2, 0) is 6.54 Å². The SMILES string of the molecule is CN(C)c1cc(N(C)Cc2ccncc2)ncn1. The third-order valence-corrected chi connectivity index (χ3v) is 2.66. The summed E-state index contributed by atoms with van der Waals surface area (Å²) >= 11 is 0. The summed E-state index contributed by atoms with van der Waals surface area (Å²) in [6.45, 7) is 0.798. The molecule has 2 heterocycles. The molecule has 0 aromatic carbocycles. The summed E-state index contributed by atoms with van der Waals surface area (Å²) < 4.78 is 0. The van der Waals surface area contributed by atoms with Crippen LogP contribution in [0.5, 0.6) is 0 Å². The number of rotatable bonds is 4. The molecule has 0 spiro atoms.